The molecule has 0 unspecified atom stereocenters. The van der Waals surface area contributed by atoms with E-state index >= 15 is 0 Å². The summed E-state index contributed by atoms with van der Waals surface area (Å²) in [6, 6.07) is 12.9. The minimum atomic E-state index is -0.473. The lowest BCUT2D eigenvalue weighted by atomic mass is 10.2. The number of carbonyl (C=O) groups excluding carboxylic acids is 3. The summed E-state index contributed by atoms with van der Waals surface area (Å²) in [4.78, 5) is 35.3. The van der Waals surface area contributed by atoms with Crippen molar-refractivity contribution < 1.29 is 19.1 Å². The molecule has 27 heavy (non-hydrogen) atoms. The van der Waals surface area contributed by atoms with Gasteiger partial charge in [-0.1, -0.05) is 12.1 Å². The summed E-state index contributed by atoms with van der Waals surface area (Å²) in [7, 11) is 1.46. The van der Waals surface area contributed by atoms with Gasteiger partial charge in [-0.25, -0.2) is 0 Å². The van der Waals surface area contributed by atoms with Gasteiger partial charge in [-0.3, -0.25) is 30.6 Å². The Hall–Kier alpha value is -3.46. The van der Waals surface area contributed by atoms with Gasteiger partial charge in [0.15, 0.2) is 5.11 Å². The van der Waals surface area contributed by atoms with Crippen LogP contribution in [0.15, 0.2) is 48.5 Å². The lowest BCUT2D eigenvalue weighted by Gasteiger charge is -2.12. The first-order valence-corrected chi connectivity index (χ1v) is 8.24. The van der Waals surface area contributed by atoms with Crippen LogP contribution in [-0.4, -0.2) is 29.9 Å². The van der Waals surface area contributed by atoms with Crippen LogP contribution >= 0.6 is 12.2 Å². The second-order valence-electron chi connectivity index (χ2n) is 5.32. The third-order valence-corrected chi connectivity index (χ3v) is 3.54. The smallest absolute Gasteiger partial charge is 0.269 e. The van der Waals surface area contributed by atoms with E-state index in [-0.39, 0.29) is 11.0 Å². The molecule has 3 amide bonds. The van der Waals surface area contributed by atoms with E-state index in [1.807, 2.05) is 0 Å². The highest BCUT2D eigenvalue weighted by Crippen LogP contribution is 2.16. The number of nitrogens with one attached hydrogen (secondary N) is 4. The molecule has 0 spiro atoms. The number of thiocarbonyl (C=S) groups is 1. The first-order chi connectivity index (χ1) is 12.9. The van der Waals surface area contributed by atoms with Crippen molar-refractivity contribution in [3.05, 3.63) is 59.7 Å². The lowest BCUT2D eigenvalue weighted by Crippen LogP contribution is -2.48. The molecular weight excluding hydrogens is 368 g/mol. The van der Waals surface area contributed by atoms with Gasteiger partial charge >= 0.3 is 0 Å². The van der Waals surface area contributed by atoms with Crippen LogP contribution in [0, 0.1) is 0 Å². The van der Waals surface area contributed by atoms with Gasteiger partial charge in [-0.15, -0.1) is 0 Å². The topological polar surface area (TPSA) is 109 Å². The van der Waals surface area contributed by atoms with Gasteiger partial charge in [-0.2, -0.15) is 0 Å². The van der Waals surface area contributed by atoms with Crippen molar-refractivity contribution in [1.82, 2.24) is 16.2 Å². The predicted molar refractivity (Wildman–Crippen MR) is 104 cm³/mol. The van der Waals surface area contributed by atoms with Crippen LogP contribution in [0.4, 0.5) is 5.69 Å². The van der Waals surface area contributed by atoms with E-state index < -0.39 is 11.8 Å². The molecule has 0 heterocycles. The Labute approximate surface area is 161 Å². The minimum absolute atomic E-state index is 0.0749. The fourth-order valence-corrected chi connectivity index (χ4v) is 2.27. The molecule has 0 atom stereocenters. The monoisotopic (exact) mass is 386 g/mol. The molecule has 0 bridgehead atoms. The van der Waals surface area contributed by atoms with Crippen LogP contribution in [-0.2, 0) is 4.79 Å². The number of anilines is 1. The average molecular weight is 386 g/mol. The van der Waals surface area contributed by atoms with Gasteiger partial charge < -0.3 is 10.1 Å². The molecular formula is C18H18N4O4S. The normalized spacial score (nSPS) is 9.70. The SMILES string of the molecule is COc1ccccc1C(=O)NC(=S)NNC(=O)c1ccc(NC(C)=O)cc1. The van der Waals surface area contributed by atoms with Crippen LogP contribution in [0.5, 0.6) is 5.75 Å². The molecule has 0 aliphatic carbocycles. The fourth-order valence-electron chi connectivity index (χ4n) is 2.13. The van der Waals surface area contributed by atoms with E-state index in [9.17, 15) is 14.4 Å². The maximum atomic E-state index is 12.2. The third-order valence-electron chi connectivity index (χ3n) is 3.34. The fraction of sp³-hybridized carbons (Fsp3) is 0.111. The molecule has 0 saturated heterocycles. The first kappa shape index (κ1) is 19.9. The maximum absolute atomic E-state index is 12.2. The molecule has 8 nitrogen and oxygen atoms in total. The highest BCUT2D eigenvalue weighted by Gasteiger charge is 2.13. The number of carbonyl (C=O) groups is 3. The summed E-state index contributed by atoms with van der Waals surface area (Å²) in [5.74, 6) is -0.733. The molecule has 2 aromatic rings. The minimum Gasteiger partial charge on any atom is -0.496 e. The highest BCUT2D eigenvalue weighted by molar-refractivity contribution is 7.80. The van der Waals surface area contributed by atoms with Crippen LogP contribution in [0.3, 0.4) is 0 Å². The van der Waals surface area contributed by atoms with Gasteiger partial charge in [-0.05, 0) is 48.6 Å². The van der Waals surface area contributed by atoms with E-state index in [2.05, 4.69) is 21.5 Å². The van der Waals surface area contributed by atoms with E-state index in [4.69, 9.17) is 17.0 Å². The van der Waals surface area contributed by atoms with E-state index in [0.717, 1.165) is 0 Å². The standard InChI is InChI=1S/C18H18N4O4S/c1-11(23)19-13-9-7-12(8-10-13)16(24)21-22-18(27)20-17(25)14-5-3-4-6-15(14)26-2/h3-10H,1-2H3,(H,19,23)(H,21,24)(H2,20,22,25,27). The molecule has 2 rings (SSSR count). The molecule has 0 aliphatic heterocycles. The average Bonchev–Trinajstić information content (AvgIpc) is 2.66. The first-order valence-electron chi connectivity index (χ1n) is 7.83. The van der Waals surface area contributed by atoms with E-state index in [0.29, 0.717) is 22.6 Å². The Balaban J connectivity index is 1.88. The summed E-state index contributed by atoms with van der Waals surface area (Å²) < 4.78 is 5.12. The number of ether oxygens (including phenoxy) is 1. The number of hydrogen-bond donors (Lipinski definition) is 4. The molecule has 0 aromatic heterocycles. The second kappa shape index (κ2) is 9.30. The van der Waals surface area contributed by atoms with Crippen LogP contribution < -0.4 is 26.2 Å². The van der Waals surface area contributed by atoms with Crippen molar-refractivity contribution in [2.75, 3.05) is 12.4 Å². The third kappa shape index (κ3) is 5.79. The Morgan fingerprint density at radius 3 is 2.22 bits per heavy atom. The van der Waals surface area contributed by atoms with Crippen LogP contribution in [0.25, 0.3) is 0 Å². The van der Waals surface area contributed by atoms with Crippen molar-refractivity contribution in [3.63, 3.8) is 0 Å². The predicted octanol–water partition coefficient (Wildman–Crippen LogP) is 1.60. The molecule has 0 radical (unpaired) electrons. The molecule has 0 aliphatic rings. The number of para-hydroxylation sites is 1. The van der Waals surface area contributed by atoms with Crippen molar-refractivity contribution in [1.29, 1.82) is 0 Å². The van der Waals surface area contributed by atoms with Crippen molar-refractivity contribution in [2.24, 2.45) is 0 Å². The van der Waals surface area contributed by atoms with Crippen molar-refractivity contribution >= 4 is 40.7 Å². The molecule has 140 valence electrons. The Morgan fingerprint density at radius 2 is 1.59 bits per heavy atom. The Kier molecular flexibility index (Phi) is 6.84. The summed E-state index contributed by atoms with van der Waals surface area (Å²) in [6.45, 7) is 1.39. The van der Waals surface area contributed by atoms with Gasteiger partial charge in [0.1, 0.15) is 5.75 Å². The van der Waals surface area contributed by atoms with Gasteiger partial charge in [0.05, 0.1) is 12.7 Å². The number of rotatable bonds is 4. The molecule has 4 N–H and O–H groups in total. The number of benzene rings is 2. The largest absolute Gasteiger partial charge is 0.496 e. The summed E-state index contributed by atoms with van der Waals surface area (Å²) in [6.07, 6.45) is 0. The van der Waals surface area contributed by atoms with Gasteiger partial charge in [0.25, 0.3) is 11.8 Å². The highest BCUT2D eigenvalue weighted by atomic mass is 32.1. The Bertz CT molecular complexity index is 868. The van der Waals surface area contributed by atoms with Crippen LogP contribution in [0.2, 0.25) is 0 Å². The molecule has 0 fully saturated rings. The zero-order chi connectivity index (χ0) is 19.8. The van der Waals surface area contributed by atoms with Crippen molar-refractivity contribution in [3.8, 4) is 5.75 Å². The quantitative estimate of drug-likeness (QED) is 0.470. The number of hydrazine groups is 1. The van der Waals surface area contributed by atoms with Gasteiger partial charge in [0, 0.05) is 18.2 Å². The zero-order valence-corrected chi connectivity index (χ0v) is 15.5. The van der Waals surface area contributed by atoms with Crippen molar-refractivity contribution in [2.45, 2.75) is 6.92 Å². The summed E-state index contributed by atoms with van der Waals surface area (Å²) in [5.41, 5.74) is 6.06. The number of methoxy groups -OCH3 is 1. The van der Waals surface area contributed by atoms with Gasteiger partial charge in [0.2, 0.25) is 5.91 Å². The zero-order valence-electron chi connectivity index (χ0n) is 14.7. The van der Waals surface area contributed by atoms with Crippen LogP contribution in [0.1, 0.15) is 27.6 Å². The molecule has 0 saturated carbocycles. The lowest BCUT2D eigenvalue weighted by molar-refractivity contribution is -0.114. The summed E-state index contributed by atoms with van der Waals surface area (Å²) in [5, 5.41) is 4.98. The Morgan fingerprint density at radius 1 is 0.926 bits per heavy atom. The molecule has 9 heteroatoms. The van der Waals surface area contributed by atoms with E-state index in [1.54, 1.807) is 48.5 Å². The number of hydrogen-bond acceptors (Lipinski definition) is 5. The summed E-state index contributed by atoms with van der Waals surface area (Å²) >= 11 is 5.00. The second-order valence-corrected chi connectivity index (χ2v) is 5.73. The maximum Gasteiger partial charge on any atom is 0.269 e. The number of amides is 3. The molecule has 2 aromatic carbocycles. The van der Waals surface area contributed by atoms with E-state index in [1.165, 1.54) is 14.0 Å².